The molecule has 0 saturated carbocycles. The molecular weight excluding hydrogens is 306 g/mol. The molecule has 0 bridgehead atoms. The van der Waals surface area contributed by atoms with E-state index in [2.05, 4.69) is 24.5 Å². The lowest BCUT2D eigenvalue weighted by atomic mass is 10.1. The molecule has 2 rings (SSSR count). The first-order valence-electron chi connectivity index (χ1n) is 8.53. The average Bonchev–Trinajstić information content (AvgIpc) is 2.60. The van der Waals surface area contributed by atoms with Crippen LogP contribution in [0, 0.1) is 5.92 Å². The van der Waals surface area contributed by atoms with Gasteiger partial charge in [-0.15, -0.1) is 0 Å². The zero-order chi connectivity index (χ0) is 17.4. The third-order valence-electron chi connectivity index (χ3n) is 3.99. The molecule has 1 saturated heterocycles. The molecule has 1 aliphatic rings. The van der Waals surface area contributed by atoms with Gasteiger partial charge in [0.2, 0.25) is 5.91 Å². The maximum atomic E-state index is 12.8. The molecule has 0 aliphatic carbocycles. The van der Waals surface area contributed by atoms with E-state index in [0.29, 0.717) is 38.8 Å². The van der Waals surface area contributed by atoms with E-state index in [1.165, 1.54) is 0 Å². The van der Waals surface area contributed by atoms with Crippen molar-refractivity contribution >= 4 is 11.9 Å². The molecule has 0 aromatic heterocycles. The van der Waals surface area contributed by atoms with Gasteiger partial charge in [0.05, 0.1) is 13.2 Å². The molecule has 1 heterocycles. The summed E-state index contributed by atoms with van der Waals surface area (Å²) < 4.78 is 5.30. The Morgan fingerprint density at radius 3 is 2.46 bits per heavy atom. The van der Waals surface area contributed by atoms with Gasteiger partial charge in [0.25, 0.3) is 0 Å². The van der Waals surface area contributed by atoms with Crippen LogP contribution in [0.1, 0.15) is 31.9 Å². The summed E-state index contributed by atoms with van der Waals surface area (Å²) in [5, 5.41) is 5.65. The van der Waals surface area contributed by atoms with Crippen LogP contribution in [0.5, 0.6) is 0 Å². The largest absolute Gasteiger partial charge is 0.378 e. The van der Waals surface area contributed by atoms with E-state index in [4.69, 9.17) is 4.74 Å². The van der Waals surface area contributed by atoms with Gasteiger partial charge in [-0.25, -0.2) is 4.79 Å². The molecule has 0 radical (unpaired) electrons. The maximum Gasteiger partial charge on any atom is 0.315 e. The Balaban J connectivity index is 2.03. The highest BCUT2D eigenvalue weighted by Gasteiger charge is 2.28. The summed E-state index contributed by atoms with van der Waals surface area (Å²) in [6, 6.07) is 8.35. The number of carbonyl (C=O) groups is 2. The number of carbonyl (C=O) groups excluding carboxylic acids is 2. The number of ether oxygens (including phenoxy) is 1. The smallest absolute Gasteiger partial charge is 0.315 e. The van der Waals surface area contributed by atoms with E-state index in [9.17, 15) is 9.59 Å². The summed E-state index contributed by atoms with van der Waals surface area (Å²) in [5.41, 5.74) is 0.785. The SMILES string of the molecule is CC(C)CCNC(=O)N[C@@H](C(=O)N1CCOCC1)c1ccccc1. The molecule has 1 aromatic carbocycles. The number of benzene rings is 1. The van der Waals surface area contributed by atoms with Crippen molar-refractivity contribution in [2.45, 2.75) is 26.3 Å². The Labute approximate surface area is 143 Å². The summed E-state index contributed by atoms with van der Waals surface area (Å²) in [6.45, 7) is 6.98. The van der Waals surface area contributed by atoms with Crippen molar-refractivity contribution in [3.05, 3.63) is 35.9 Å². The molecule has 0 spiro atoms. The number of urea groups is 1. The third kappa shape index (κ3) is 5.53. The number of morpholine rings is 1. The third-order valence-corrected chi connectivity index (χ3v) is 3.99. The number of rotatable bonds is 6. The van der Waals surface area contributed by atoms with E-state index in [1.54, 1.807) is 4.90 Å². The molecule has 6 nitrogen and oxygen atoms in total. The van der Waals surface area contributed by atoms with Crippen LogP contribution in [0.25, 0.3) is 0 Å². The highest BCUT2D eigenvalue weighted by atomic mass is 16.5. The van der Waals surface area contributed by atoms with Gasteiger partial charge in [-0.3, -0.25) is 4.79 Å². The van der Waals surface area contributed by atoms with Gasteiger partial charge in [0.15, 0.2) is 0 Å². The Morgan fingerprint density at radius 2 is 1.83 bits per heavy atom. The topological polar surface area (TPSA) is 70.7 Å². The van der Waals surface area contributed by atoms with Crippen molar-refractivity contribution in [1.29, 1.82) is 0 Å². The minimum Gasteiger partial charge on any atom is -0.378 e. The predicted molar refractivity (Wildman–Crippen MR) is 92.6 cm³/mol. The van der Waals surface area contributed by atoms with Crippen LogP contribution in [0.2, 0.25) is 0 Å². The van der Waals surface area contributed by atoms with Crippen molar-refractivity contribution in [3.8, 4) is 0 Å². The molecule has 132 valence electrons. The second-order valence-corrected chi connectivity index (χ2v) is 6.36. The summed E-state index contributed by atoms with van der Waals surface area (Å²) in [6.07, 6.45) is 0.904. The van der Waals surface area contributed by atoms with Crippen molar-refractivity contribution < 1.29 is 14.3 Å². The van der Waals surface area contributed by atoms with E-state index in [0.717, 1.165) is 12.0 Å². The summed E-state index contributed by atoms with van der Waals surface area (Å²) in [4.78, 5) is 26.8. The van der Waals surface area contributed by atoms with E-state index in [-0.39, 0.29) is 11.9 Å². The standard InChI is InChI=1S/C18H27N3O3/c1-14(2)8-9-19-18(23)20-16(15-6-4-3-5-7-15)17(22)21-10-12-24-13-11-21/h3-7,14,16H,8-13H2,1-2H3,(H2,19,20,23)/t16-/m1/s1. The van der Waals surface area contributed by atoms with E-state index in [1.807, 2.05) is 30.3 Å². The minimum absolute atomic E-state index is 0.0940. The number of amides is 3. The highest BCUT2D eigenvalue weighted by molar-refractivity contribution is 5.88. The predicted octanol–water partition coefficient (Wildman–Crippen LogP) is 1.93. The minimum atomic E-state index is -0.677. The van der Waals surface area contributed by atoms with Crippen LogP contribution in [0.3, 0.4) is 0 Å². The first-order chi connectivity index (χ1) is 11.6. The lowest BCUT2D eigenvalue weighted by Crippen LogP contribution is -2.49. The Morgan fingerprint density at radius 1 is 1.17 bits per heavy atom. The van der Waals surface area contributed by atoms with Crippen LogP contribution in [-0.2, 0) is 9.53 Å². The van der Waals surface area contributed by atoms with Gasteiger partial charge in [-0.2, -0.15) is 0 Å². The molecule has 1 aromatic rings. The molecule has 6 heteroatoms. The monoisotopic (exact) mass is 333 g/mol. The first kappa shape index (κ1) is 18.3. The molecular formula is C18H27N3O3. The Bertz CT molecular complexity index is 528. The lowest BCUT2D eigenvalue weighted by molar-refractivity contribution is -0.137. The van der Waals surface area contributed by atoms with E-state index >= 15 is 0 Å². The van der Waals surface area contributed by atoms with Gasteiger partial charge in [0, 0.05) is 19.6 Å². The fourth-order valence-electron chi connectivity index (χ4n) is 2.56. The van der Waals surface area contributed by atoms with Gasteiger partial charge in [-0.05, 0) is 17.9 Å². The van der Waals surface area contributed by atoms with Crippen molar-refractivity contribution in [3.63, 3.8) is 0 Å². The van der Waals surface area contributed by atoms with Gasteiger partial charge >= 0.3 is 6.03 Å². The van der Waals surface area contributed by atoms with Gasteiger partial charge in [0.1, 0.15) is 6.04 Å². The molecule has 2 N–H and O–H groups in total. The molecule has 1 fully saturated rings. The summed E-state index contributed by atoms with van der Waals surface area (Å²) in [5.74, 6) is 0.425. The van der Waals surface area contributed by atoms with Gasteiger partial charge in [-0.1, -0.05) is 44.2 Å². The number of hydrogen-bond acceptors (Lipinski definition) is 3. The zero-order valence-corrected chi connectivity index (χ0v) is 14.5. The lowest BCUT2D eigenvalue weighted by Gasteiger charge is -2.31. The number of nitrogens with one attached hydrogen (secondary N) is 2. The second-order valence-electron chi connectivity index (χ2n) is 6.36. The fourth-order valence-corrected chi connectivity index (χ4v) is 2.56. The molecule has 3 amide bonds. The van der Waals surface area contributed by atoms with Crippen molar-refractivity contribution in [2.24, 2.45) is 5.92 Å². The van der Waals surface area contributed by atoms with Crippen LogP contribution >= 0.6 is 0 Å². The first-order valence-corrected chi connectivity index (χ1v) is 8.53. The van der Waals surface area contributed by atoms with Crippen LogP contribution in [-0.4, -0.2) is 49.7 Å². The molecule has 24 heavy (non-hydrogen) atoms. The van der Waals surface area contributed by atoms with E-state index < -0.39 is 6.04 Å². The number of nitrogens with zero attached hydrogens (tertiary/aromatic N) is 1. The van der Waals surface area contributed by atoms with Crippen LogP contribution < -0.4 is 10.6 Å². The summed E-state index contributed by atoms with van der Waals surface area (Å²) >= 11 is 0. The Kier molecular flexibility index (Phi) is 7.06. The quantitative estimate of drug-likeness (QED) is 0.836. The average molecular weight is 333 g/mol. The molecule has 0 unspecified atom stereocenters. The fraction of sp³-hybridized carbons (Fsp3) is 0.556. The van der Waals surface area contributed by atoms with Gasteiger partial charge < -0.3 is 20.3 Å². The van der Waals surface area contributed by atoms with Crippen molar-refractivity contribution in [1.82, 2.24) is 15.5 Å². The van der Waals surface area contributed by atoms with Crippen LogP contribution in [0.15, 0.2) is 30.3 Å². The molecule has 1 atom stereocenters. The maximum absolute atomic E-state index is 12.8. The van der Waals surface area contributed by atoms with Crippen molar-refractivity contribution in [2.75, 3.05) is 32.8 Å². The molecule has 1 aliphatic heterocycles. The normalized spacial score (nSPS) is 15.9. The zero-order valence-electron chi connectivity index (χ0n) is 14.5. The van der Waals surface area contributed by atoms with Crippen LogP contribution in [0.4, 0.5) is 4.79 Å². The highest BCUT2D eigenvalue weighted by Crippen LogP contribution is 2.16. The Hall–Kier alpha value is -2.08. The summed E-state index contributed by atoms with van der Waals surface area (Å²) in [7, 11) is 0. The second kappa shape index (κ2) is 9.27. The number of hydrogen-bond donors (Lipinski definition) is 2.